The molecular weight excluding hydrogens is 432 g/mol. The molecule has 2 aliphatic rings. The first-order valence-corrected chi connectivity index (χ1v) is 12.7. The molecule has 4 rings (SSSR count). The van der Waals surface area contributed by atoms with Crippen molar-refractivity contribution in [2.45, 2.75) is 63.5 Å². The third-order valence-electron chi connectivity index (χ3n) is 7.42. The fourth-order valence-electron chi connectivity index (χ4n) is 5.30. The molecule has 0 bridgehead atoms. The van der Waals surface area contributed by atoms with Gasteiger partial charge in [0.25, 0.3) is 0 Å². The number of nitrogens with one attached hydrogen (secondary N) is 3. The van der Waals surface area contributed by atoms with Crippen LogP contribution in [-0.4, -0.2) is 64.8 Å². The molecule has 1 aliphatic heterocycles. The van der Waals surface area contributed by atoms with Crippen LogP contribution >= 0.6 is 0 Å². The predicted molar refractivity (Wildman–Crippen MR) is 133 cm³/mol. The van der Waals surface area contributed by atoms with Gasteiger partial charge in [-0.05, 0) is 62.4 Å². The van der Waals surface area contributed by atoms with Crippen LogP contribution in [0.3, 0.4) is 0 Å². The van der Waals surface area contributed by atoms with Crippen molar-refractivity contribution >= 4 is 16.8 Å². The summed E-state index contributed by atoms with van der Waals surface area (Å²) in [4.78, 5) is 28.8. The van der Waals surface area contributed by atoms with Crippen LogP contribution in [0.25, 0.3) is 10.9 Å². The summed E-state index contributed by atoms with van der Waals surface area (Å²) in [6, 6.07) is 6.55. The number of piperidine rings is 1. The summed E-state index contributed by atoms with van der Waals surface area (Å²) in [5, 5.41) is 28.0. The molecule has 1 aliphatic carbocycles. The van der Waals surface area contributed by atoms with Crippen LogP contribution in [0.5, 0.6) is 5.75 Å². The maximum absolute atomic E-state index is 12.2. The Morgan fingerprint density at radius 3 is 2.62 bits per heavy atom. The SMILES string of the molecule is O=C(CCN1CCC(NC[C@@H](O)c2ccc(O)c3[nH]c(=O)ccc23)CC1)NCC1CCCCC1. The average molecular weight is 471 g/mol. The molecule has 1 amide bonds. The van der Waals surface area contributed by atoms with E-state index in [2.05, 4.69) is 20.5 Å². The van der Waals surface area contributed by atoms with E-state index in [4.69, 9.17) is 0 Å². The van der Waals surface area contributed by atoms with Crippen LogP contribution in [0.15, 0.2) is 29.1 Å². The Hall–Kier alpha value is -2.42. The monoisotopic (exact) mass is 470 g/mol. The second-order valence-electron chi connectivity index (χ2n) is 9.88. The summed E-state index contributed by atoms with van der Waals surface area (Å²) in [5.74, 6) is 0.819. The van der Waals surface area contributed by atoms with Crippen molar-refractivity contribution in [2.24, 2.45) is 5.92 Å². The summed E-state index contributed by atoms with van der Waals surface area (Å²) >= 11 is 0. The largest absolute Gasteiger partial charge is 0.506 e. The average Bonchev–Trinajstić information content (AvgIpc) is 2.86. The van der Waals surface area contributed by atoms with Crippen molar-refractivity contribution in [2.75, 3.05) is 32.7 Å². The van der Waals surface area contributed by atoms with Gasteiger partial charge in [-0.1, -0.05) is 25.3 Å². The fourth-order valence-corrected chi connectivity index (χ4v) is 5.30. The fraction of sp³-hybridized carbons (Fsp3) is 0.615. The first-order chi connectivity index (χ1) is 16.5. The topological polar surface area (TPSA) is 118 Å². The van der Waals surface area contributed by atoms with Crippen molar-refractivity contribution in [1.82, 2.24) is 20.5 Å². The Balaban J connectivity index is 1.17. The van der Waals surface area contributed by atoms with E-state index in [9.17, 15) is 19.8 Å². The van der Waals surface area contributed by atoms with Gasteiger partial charge in [0.05, 0.1) is 11.6 Å². The molecule has 186 valence electrons. The predicted octanol–water partition coefficient (Wildman–Crippen LogP) is 2.41. The highest BCUT2D eigenvalue weighted by Gasteiger charge is 2.21. The number of aromatic nitrogens is 1. The van der Waals surface area contributed by atoms with E-state index in [0.717, 1.165) is 39.0 Å². The molecule has 34 heavy (non-hydrogen) atoms. The number of pyridine rings is 1. The van der Waals surface area contributed by atoms with Crippen LogP contribution in [0.1, 0.15) is 63.0 Å². The molecule has 8 nitrogen and oxygen atoms in total. The number of aromatic amines is 1. The Morgan fingerprint density at radius 2 is 1.85 bits per heavy atom. The van der Waals surface area contributed by atoms with Gasteiger partial charge >= 0.3 is 0 Å². The van der Waals surface area contributed by atoms with E-state index in [0.29, 0.717) is 41.4 Å². The number of aliphatic hydroxyl groups excluding tert-OH is 1. The molecule has 8 heteroatoms. The van der Waals surface area contributed by atoms with Gasteiger partial charge in [-0.2, -0.15) is 0 Å². The molecule has 1 aromatic heterocycles. The number of amides is 1. The van der Waals surface area contributed by atoms with E-state index >= 15 is 0 Å². The number of phenolic OH excluding ortho intramolecular Hbond substituents is 1. The first-order valence-electron chi connectivity index (χ1n) is 12.7. The number of phenols is 1. The lowest BCUT2D eigenvalue weighted by Gasteiger charge is -2.33. The van der Waals surface area contributed by atoms with Crippen molar-refractivity contribution in [3.8, 4) is 5.75 Å². The van der Waals surface area contributed by atoms with E-state index < -0.39 is 6.10 Å². The summed E-state index contributed by atoms with van der Waals surface area (Å²) in [6.45, 7) is 3.90. The normalized spacial score (nSPS) is 19.3. The maximum atomic E-state index is 12.2. The second kappa shape index (κ2) is 11.8. The van der Waals surface area contributed by atoms with Gasteiger partial charge in [0.2, 0.25) is 11.5 Å². The van der Waals surface area contributed by atoms with Crippen LogP contribution < -0.4 is 16.2 Å². The molecule has 1 atom stereocenters. The van der Waals surface area contributed by atoms with Crippen LogP contribution in [0.2, 0.25) is 0 Å². The number of benzene rings is 1. The number of aliphatic hydroxyl groups is 1. The Labute approximate surface area is 200 Å². The standard InChI is InChI=1S/C26H38N4O4/c31-22-8-6-20(21-7-9-25(34)29-26(21)22)23(32)17-27-19-10-13-30(14-11-19)15-12-24(33)28-16-18-4-2-1-3-5-18/h6-9,18-19,23,27,31-32H,1-5,10-17H2,(H,28,33)(H,29,34)/t23-/m1/s1. The number of H-pyrrole nitrogens is 1. The Bertz CT molecular complexity index is 1010. The molecule has 1 aromatic carbocycles. The molecule has 2 fully saturated rings. The molecule has 0 spiro atoms. The first kappa shape index (κ1) is 24.7. The van der Waals surface area contributed by atoms with Crippen LogP contribution in [0, 0.1) is 5.92 Å². The lowest BCUT2D eigenvalue weighted by molar-refractivity contribution is -0.121. The summed E-state index contributed by atoms with van der Waals surface area (Å²) in [5.41, 5.74) is 0.731. The molecular formula is C26H38N4O4. The van der Waals surface area contributed by atoms with Crippen LogP contribution in [0.4, 0.5) is 0 Å². The number of nitrogens with zero attached hydrogens (tertiary/aromatic N) is 1. The highest BCUT2D eigenvalue weighted by Crippen LogP contribution is 2.28. The number of fused-ring (bicyclic) bond motifs is 1. The van der Waals surface area contributed by atoms with E-state index in [-0.39, 0.29) is 17.2 Å². The number of carbonyl (C=O) groups is 1. The Kier molecular flexibility index (Phi) is 8.59. The number of rotatable bonds is 9. The molecule has 2 heterocycles. The van der Waals surface area contributed by atoms with Gasteiger partial charge in [0, 0.05) is 43.5 Å². The summed E-state index contributed by atoms with van der Waals surface area (Å²) in [7, 11) is 0. The van der Waals surface area contributed by atoms with Gasteiger partial charge in [0.15, 0.2) is 0 Å². The van der Waals surface area contributed by atoms with Gasteiger partial charge in [-0.15, -0.1) is 0 Å². The number of carbonyl (C=O) groups excluding carboxylic acids is 1. The zero-order valence-electron chi connectivity index (χ0n) is 19.9. The minimum atomic E-state index is -0.750. The van der Waals surface area contributed by atoms with Crippen molar-refractivity contribution in [3.05, 3.63) is 40.2 Å². The third-order valence-corrected chi connectivity index (χ3v) is 7.42. The summed E-state index contributed by atoms with van der Waals surface area (Å²) < 4.78 is 0. The minimum Gasteiger partial charge on any atom is -0.506 e. The van der Waals surface area contributed by atoms with Crippen LogP contribution in [-0.2, 0) is 4.79 Å². The van der Waals surface area contributed by atoms with Gasteiger partial charge < -0.3 is 30.7 Å². The number of likely N-dealkylation sites (tertiary alicyclic amines) is 1. The molecule has 1 saturated carbocycles. The highest BCUT2D eigenvalue weighted by molar-refractivity contribution is 5.87. The van der Waals surface area contributed by atoms with Crippen molar-refractivity contribution < 1.29 is 15.0 Å². The molecule has 2 aromatic rings. The zero-order chi connectivity index (χ0) is 23.9. The third kappa shape index (κ3) is 6.58. The maximum Gasteiger partial charge on any atom is 0.248 e. The van der Waals surface area contributed by atoms with E-state index in [1.54, 1.807) is 12.1 Å². The zero-order valence-corrected chi connectivity index (χ0v) is 19.9. The van der Waals surface area contributed by atoms with Gasteiger partial charge in [-0.25, -0.2) is 0 Å². The Morgan fingerprint density at radius 1 is 1.09 bits per heavy atom. The summed E-state index contributed by atoms with van der Waals surface area (Å²) in [6.07, 6.45) is 8.18. The molecule has 1 saturated heterocycles. The number of hydrogen-bond donors (Lipinski definition) is 5. The smallest absolute Gasteiger partial charge is 0.248 e. The minimum absolute atomic E-state index is 0.00773. The van der Waals surface area contributed by atoms with Crippen molar-refractivity contribution in [1.29, 1.82) is 0 Å². The molecule has 0 unspecified atom stereocenters. The lowest BCUT2D eigenvalue weighted by atomic mass is 9.89. The lowest BCUT2D eigenvalue weighted by Crippen LogP contribution is -2.44. The highest BCUT2D eigenvalue weighted by atomic mass is 16.3. The quantitative estimate of drug-likeness (QED) is 0.384. The van der Waals surface area contributed by atoms with Crippen molar-refractivity contribution in [3.63, 3.8) is 0 Å². The molecule has 5 N–H and O–H groups in total. The van der Waals surface area contributed by atoms with E-state index in [1.165, 1.54) is 44.2 Å². The van der Waals surface area contributed by atoms with E-state index in [1.807, 2.05) is 0 Å². The number of aromatic hydroxyl groups is 1. The molecule has 0 radical (unpaired) electrons. The van der Waals surface area contributed by atoms with Gasteiger partial charge in [0.1, 0.15) is 5.75 Å². The van der Waals surface area contributed by atoms with Gasteiger partial charge in [-0.3, -0.25) is 9.59 Å². The second-order valence-corrected chi connectivity index (χ2v) is 9.88. The number of hydrogen-bond acceptors (Lipinski definition) is 6.